The highest BCUT2D eigenvalue weighted by Gasteiger charge is 2.17. The minimum atomic E-state index is -0.0107. The number of nitrogens with two attached hydrogens (primary N) is 1. The van der Waals surface area contributed by atoms with E-state index in [-0.39, 0.29) is 6.04 Å². The molecule has 0 fully saturated rings. The van der Waals surface area contributed by atoms with Crippen LogP contribution in [-0.4, -0.2) is 9.59 Å². The summed E-state index contributed by atoms with van der Waals surface area (Å²) in [5.41, 5.74) is 7.01. The summed E-state index contributed by atoms with van der Waals surface area (Å²) in [6.45, 7) is 4.18. The molecule has 1 rings (SSSR count). The van der Waals surface area contributed by atoms with Gasteiger partial charge in [0.05, 0.1) is 10.6 Å². The Kier molecular flexibility index (Phi) is 4.05. The Hall–Kier alpha value is -0.920. The number of nitrogens with zero attached hydrogens (tertiary/aromatic N) is 2. The summed E-state index contributed by atoms with van der Waals surface area (Å²) in [4.78, 5) is 1.08. The van der Waals surface area contributed by atoms with E-state index in [4.69, 9.17) is 12.2 Å². The monoisotopic (exact) mass is 209 g/mol. The van der Waals surface area contributed by atoms with E-state index in [1.807, 2.05) is 0 Å². The number of rotatable bonds is 4. The van der Waals surface area contributed by atoms with Crippen molar-refractivity contribution in [2.75, 3.05) is 0 Å². The van der Waals surface area contributed by atoms with Crippen LogP contribution in [0.25, 0.3) is 0 Å². The summed E-state index contributed by atoms with van der Waals surface area (Å²) in [6, 6.07) is -0.0107. The molecule has 4 heteroatoms. The average molecular weight is 209 g/mol. The summed E-state index contributed by atoms with van der Waals surface area (Å²) in [5, 5.41) is 4.08. The van der Waals surface area contributed by atoms with E-state index in [2.05, 4.69) is 29.4 Å². The van der Waals surface area contributed by atoms with Crippen LogP contribution < -0.4 is 5.73 Å². The van der Waals surface area contributed by atoms with Crippen molar-refractivity contribution < 1.29 is 0 Å². The van der Waals surface area contributed by atoms with E-state index in [1.54, 1.807) is 0 Å². The summed E-state index contributed by atoms with van der Waals surface area (Å²) in [7, 11) is 0. The van der Waals surface area contributed by atoms with Gasteiger partial charge in [-0.15, -0.1) is 17.4 Å². The number of aromatic nitrogens is 2. The van der Waals surface area contributed by atoms with Crippen LogP contribution >= 0.6 is 11.5 Å². The maximum absolute atomic E-state index is 6.00. The highest BCUT2D eigenvalue weighted by atomic mass is 32.1. The first kappa shape index (κ1) is 11.2. The van der Waals surface area contributed by atoms with Gasteiger partial charge in [-0.3, -0.25) is 0 Å². The predicted octanol–water partition coefficient (Wildman–Crippen LogP) is 2.07. The minimum Gasteiger partial charge on any atom is -0.323 e. The SMILES string of the molecule is C#CCCC(N)c1snnc1C(C)C. The van der Waals surface area contributed by atoms with Crippen LogP contribution in [0.3, 0.4) is 0 Å². The zero-order chi connectivity index (χ0) is 10.6. The Labute approximate surface area is 88.9 Å². The standard InChI is InChI=1S/C10H15N3S/c1-4-5-6-8(11)10-9(7(2)3)12-13-14-10/h1,7-8H,5-6,11H2,2-3H3. The summed E-state index contributed by atoms with van der Waals surface area (Å²) >= 11 is 1.38. The molecule has 2 N–H and O–H groups in total. The van der Waals surface area contributed by atoms with Gasteiger partial charge in [-0.25, -0.2) is 0 Å². The second kappa shape index (κ2) is 5.08. The van der Waals surface area contributed by atoms with E-state index < -0.39 is 0 Å². The fraction of sp³-hybridized carbons (Fsp3) is 0.600. The third kappa shape index (κ3) is 2.53. The van der Waals surface area contributed by atoms with Crippen LogP contribution in [0.15, 0.2) is 0 Å². The zero-order valence-corrected chi connectivity index (χ0v) is 9.34. The van der Waals surface area contributed by atoms with Gasteiger partial charge in [-0.1, -0.05) is 18.3 Å². The molecule has 0 aliphatic heterocycles. The largest absolute Gasteiger partial charge is 0.323 e. The van der Waals surface area contributed by atoms with E-state index in [0.717, 1.165) is 17.0 Å². The average Bonchev–Trinajstić information content (AvgIpc) is 2.62. The smallest absolute Gasteiger partial charge is 0.0828 e. The topological polar surface area (TPSA) is 51.8 Å². The number of terminal acetylenes is 1. The molecule has 0 radical (unpaired) electrons. The molecule has 76 valence electrons. The molecule has 1 atom stereocenters. The van der Waals surface area contributed by atoms with Crippen LogP contribution in [0.5, 0.6) is 0 Å². The van der Waals surface area contributed by atoms with Crippen LogP contribution in [0.2, 0.25) is 0 Å². The first-order valence-corrected chi connectivity index (χ1v) is 5.45. The Morgan fingerprint density at radius 3 is 2.86 bits per heavy atom. The molecule has 3 nitrogen and oxygen atoms in total. The third-order valence-electron chi connectivity index (χ3n) is 2.02. The lowest BCUT2D eigenvalue weighted by Gasteiger charge is -2.10. The Morgan fingerprint density at radius 1 is 1.57 bits per heavy atom. The van der Waals surface area contributed by atoms with Crippen molar-refractivity contribution in [2.45, 2.75) is 38.6 Å². The fourth-order valence-electron chi connectivity index (χ4n) is 1.23. The number of hydrogen-bond donors (Lipinski definition) is 1. The van der Waals surface area contributed by atoms with Gasteiger partial charge in [0, 0.05) is 12.5 Å². The maximum atomic E-state index is 6.00. The molecule has 0 saturated heterocycles. The molecule has 0 aliphatic rings. The van der Waals surface area contributed by atoms with Crippen molar-refractivity contribution in [3.8, 4) is 12.3 Å². The molecule has 1 unspecified atom stereocenters. The minimum absolute atomic E-state index is 0.0107. The lowest BCUT2D eigenvalue weighted by atomic mass is 10.0. The first-order chi connectivity index (χ1) is 6.66. The van der Waals surface area contributed by atoms with E-state index in [0.29, 0.717) is 12.3 Å². The molecule has 0 aromatic carbocycles. The van der Waals surface area contributed by atoms with Crippen LogP contribution in [0, 0.1) is 12.3 Å². The van der Waals surface area contributed by atoms with Gasteiger partial charge in [0.25, 0.3) is 0 Å². The van der Waals surface area contributed by atoms with Crippen LogP contribution in [-0.2, 0) is 0 Å². The lowest BCUT2D eigenvalue weighted by Crippen LogP contribution is -2.11. The Morgan fingerprint density at radius 2 is 2.29 bits per heavy atom. The molecule has 14 heavy (non-hydrogen) atoms. The normalized spacial score (nSPS) is 12.8. The quantitative estimate of drug-likeness (QED) is 0.772. The molecule has 0 bridgehead atoms. The van der Waals surface area contributed by atoms with Gasteiger partial charge in [0.1, 0.15) is 0 Å². The van der Waals surface area contributed by atoms with Gasteiger partial charge in [0.2, 0.25) is 0 Å². The van der Waals surface area contributed by atoms with Crippen LogP contribution in [0.4, 0.5) is 0 Å². The summed E-state index contributed by atoms with van der Waals surface area (Å²) < 4.78 is 3.93. The van der Waals surface area contributed by atoms with Crippen molar-refractivity contribution in [2.24, 2.45) is 5.73 Å². The lowest BCUT2D eigenvalue weighted by molar-refractivity contribution is 0.658. The van der Waals surface area contributed by atoms with E-state index in [9.17, 15) is 0 Å². The van der Waals surface area contributed by atoms with Crippen LogP contribution in [0.1, 0.15) is 49.2 Å². The van der Waals surface area contributed by atoms with Crippen molar-refractivity contribution in [1.29, 1.82) is 0 Å². The molecule has 0 aliphatic carbocycles. The van der Waals surface area contributed by atoms with Gasteiger partial charge in [0.15, 0.2) is 0 Å². The highest BCUT2D eigenvalue weighted by Crippen LogP contribution is 2.26. The van der Waals surface area contributed by atoms with Gasteiger partial charge < -0.3 is 5.73 Å². The fourth-order valence-corrected chi connectivity index (χ4v) is 2.07. The van der Waals surface area contributed by atoms with Crippen molar-refractivity contribution in [3.63, 3.8) is 0 Å². The van der Waals surface area contributed by atoms with Gasteiger partial charge in [-0.05, 0) is 23.9 Å². The van der Waals surface area contributed by atoms with Crippen molar-refractivity contribution >= 4 is 11.5 Å². The van der Waals surface area contributed by atoms with E-state index >= 15 is 0 Å². The first-order valence-electron chi connectivity index (χ1n) is 4.68. The third-order valence-corrected chi connectivity index (χ3v) is 2.90. The molecule has 1 heterocycles. The molecule has 1 aromatic heterocycles. The zero-order valence-electron chi connectivity index (χ0n) is 8.53. The molecule has 0 saturated carbocycles. The summed E-state index contributed by atoms with van der Waals surface area (Å²) in [6.07, 6.45) is 6.71. The van der Waals surface area contributed by atoms with Gasteiger partial charge in [-0.2, -0.15) is 0 Å². The highest BCUT2D eigenvalue weighted by molar-refractivity contribution is 7.05. The van der Waals surface area contributed by atoms with Gasteiger partial charge >= 0.3 is 0 Å². The second-order valence-corrected chi connectivity index (χ2v) is 4.31. The molecular formula is C10H15N3S. The second-order valence-electron chi connectivity index (χ2n) is 3.53. The van der Waals surface area contributed by atoms with Crippen molar-refractivity contribution in [3.05, 3.63) is 10.6 Å². The van der Waals surface area contributed by atoms with E-state index in [1.165, 1.54) is 11.5 Å². The molecular weight excluding hydrogens is 194 g/mol. The molecule has 1 aromatic rings. The molecule has 0 amide bonds. The molecule has 0 spiro atoms. The van der Waals surface area contributed by atoms with Crippen molar-refractivity contribution in [1.82, 2.24) is 9.59 Å². The Balaban J connectivity index is 2.74. The Bertz CT molecular complexity index is 324. The maximum Gasteiger partial charge on any atom is 0.0828 e. The summed E-state index contributed by atoms with van der Waals surface area (Å²) in [5.74, 6) is 2.97. The predicted molar refractivity (Wildman–Crippen MR) is 59.0 cm³/mol. The number of hydrogen-bond acceptors (Lipinski definition) is 4.